The summed E-state index contributed by atoms with van der Waals surface area (Å²) in [5, 5.41) is 0. The largest absolute Gasteiger partial charge is 0.377 e. The van der Waals surface area contributed by atoms with Crippen molar-refractivity contribution in [3.8, 4) is 0 Å². The van der Waals surface area contributed by atoms with Crippen molar-refractivity contribution in [3.05, 3.63) is 0 Å². The van der Waals surface area contributed by atoms with Crippen LogP contribution in [-0.4, -0.2) is 61.1 Å². The number of carbonyl (C=O) groups is 1. The first-order chi connectivity index (χ1) is 8.47. The molecule has 0 N–H and O–H groups in total. The number of hydrogen-bond donors (Lipinski definition) is 0. The van der Waals surface area contributed by atoms with Gasteiger partial charge in [-0.15, -0.1) is 0 Å². The lowest BCUT2D eigenvalue weighted by molar-refractivity contribution is -0.141. The summed E-state index contributed by atoms with van der Waals surface area (Å²) in [6.45, 7) is 11.6. The molecule has 4 heteroatoms. The van der Waals surface area contributed by atoms with Gasteiger partial charge in [-0.25, -0.2) is 0 Å². The third-order valence-electron chi connectivity index (χ3n) is 3.79. The number of rotatable bonds is 2. The van der Waals surface area contributed by atoms with Crippen LogP contribution < -0.4 is 0 Å². The van der Waals surface area contributed by atoms with Gasteiger partial charge in [-0.2, -0.15) is 0 Å². The van der Waals surface area contributed by atoms with Gasteiger partial charge in [-0.1, -0.05) is 20.8 Å². The van der Waals surface area contributed by atoms with E-state index in [1.165, 1.54) is 12.8 Å². The van der Waals surface area contributed by atoms with E-state index in [1.807, 2.05) is 25.7 Å². The molecule has 2 heterocycles. The van der Waals surface area contributed by atoms with Crippen molar-refractivity contribution < 1.29 is 9.53 Å². The van der Waals surface area contributed by atoms with Gasteiger partial charge in [0, 0.05) is 44.7 Å². The molecule has 0 aromatic heterocycles. The maximum atomic E-state index is 12.2. The van der Waals surface area contributed by atoms with Crippen LogP contribution in [0.2, 0.25) is 0 Å². The fraction of sp³-hybridized carbons (Fsp3) is 0.929. The summed E-state index contributed by atoms with van der Waals surface area (Å²) in [4.78, 5) is 16.6. The maximum Gasteiger partial charge on any atom is 0.228 e. The maximum absolute atomic E-state index is 12.2. The van der Waals surface area contributed by atoms with Gasteiger partial charge < -0.3 is 9.64 Å². The summed E-state index contributed by atoms with van der Waals surface area (Å²) < 4.78 is 5.66. The third kappa shape index (κ3) is 3.45. The lowest BCUT2D eigenvalue weighted by Crippen LogP contribution is -2.52. The Morgan fingerprint density at radius 3 is 2.39 bits per heavy atom. The topological polar surface area (TPSA) is 32.8 Å². The molecular weight excluding hydrogens is 228 g/mol. The Balaban J connectivity index is 1.75. The number of nitrogens with zero attached hydrogens (tertiary/aromatic N) is 2. The van der Waals surface area contributed by atoms with Gasteiger partial charge in [0.1, 0.15) is 0 Å². The Labute approximate surface area is 110 Å². The van der Waals surface area contributed by atoms with Crippen molar-refractivity contribution in [1.82, 2.24) is 9.80 Å². The molecule has 4 nitrogen and oxygen atoms in total. The Morgan fingerprint density at radius 2 is 1.89 bits per heavy atom. The number of carbonyl (C=O) groups excluding carboxylic acids is 1. The lowest BCUT2D eigenvalue weighted by Gasteiger charge is -2.38. The van der Waals surface area contributed by atoms with E-state index >= 15 is 0 Å². The van der Waals surface area contributed by atoms with Crippen molar-refractivity contribution >= 4 is 5.91 Å². The zero-order valence-electron chi connectivity index (χ0n) is 11.9. The summed E-state index contributed by atoms with van der Waals surface area (Å²) in [5.41, 5.74) is -0.253. The zero-order chi connectivity index (χ0) is 13.2. The van der Waals surface area contributed by atoms with Crippen LogP contribution in [0, 0.1) is 5.41 Å². The molecule has 0 aromatic carbocycles. The normalized spacial score (nSPS) is 26.6. The Bertz CT molecular complexity index is 285. The van der Waals surface area contributed by atoms with Crippen molar-refractivity contribution in [3.63, 3.8) is 0 Å². The predicted octanol–water partition coefficient (Wildman–Crippen LogP) is 1.36. The first-order valence-electron chi connectivity index (χ1n) is 7.10. The van der Waals surface area contributed by atoms with Crippen molar-refractivity contribution in [2.24, 2.45) is 5.41 Å². The molecule has 0 aromatic rings. The van der Waals surface area contributed by atoms with Crippen LogP contribution >= 0.6 is 0 Å². The molecule has 2 aliphatic heterocycles. The van der Waals surface area contributed by atoms with Crippen LogP contribution in [0.25, 0.3) is 0 Å². The average Bonchev–Trinajstić information content (AvgIpc) is 2.81. The third-order valence-corrected chi connectivity index (χ3v) is 3.79. The molecule has 18 heavy (non-hydrogen) atoms. The molecule has 2 fully saturated rings. The van der Waals surface area contributed by atoms with Crippen LogP contribution in [0.4, 0.5) is 0 Å². The van der Waals surface area contributed by atoms with Gasteiger partial charge in [0.05, 0.1) is 6.10 Å². The fourth-order valence-corrected chi connectivity index (χ4v) is 2.68. The van der Waals surface area contributed by atoms with Crippen LogP contribution in [0.3, 0.4) is 0 Å². The average molecular weight is 254 g/mol. The van der Waals surface area contributed by atoms with Gasteiger partial charge >= 0.3 is 0 Å². The van der Waals surface area contributed by atoms with Crippen LogP contribution in [0.5, 0.6) is 0 Å². The van der Waals surface area contributed by atoms with Crippen molar-refractivity contribution in [2.75, 3.05) is 39.3 Å². The smallest absolute Gasteiger partial charge is 0.228 e. The van der Waals surface area contributed by atoms with E-state index in [0.717, 1.165) is 39.3 Å². The highest BCUT2D eigenvalue weighted by molar-refractivity contribution is 5.81. The zero-order valence-corrected chi connectivity index (χ0v) is 11.9. The Morgan fingerprint density at radius 1 is 1.22 bits per heavy atom. The van der Waals surface area contributed by atoms with Crippen molar-refractivity contribution in [2.45, 2.75) is 39.7 Å². The van der Waals surface area contributed by atoms with E-state index < -0.39 is 0 Å². The van der Waals surface area contributed by atoms with E-state index in [-0.39, 0.29) is 11.3 Å². The van der Waals surface area contributed by atoms with Crippen LogP contribution in [0.1, 0.15) is 33.6 Å². The highest BCUT2D eigenvalue weighted by Gasteiger charge is 2.30. The van der Waals surface area contributed by atoms with Gasteiger partial charge in [0.2, 0.25) is 5.91 Å². The molecule has 0 saturated carbocycles. The molecule has 0 aliphatic carbocycles. The standard InChI is InChI=1S/C14H26N2O2/c1-14(2,3)13(17)16-8-6-15(7-9-16)11-12-5-4-10-18-12/h12H,4-11H2,1-3H3. The quantitative estimate of drug-likeness (QED) is 0.746. The minimum Gasteiger partial charge on any atom is -0.377 e. The van der Waals surface area contributed by atoms with Crippen molar-refractivity contribution in [1.29, 1.82) is 0 Å². The second-order valence-corrected chi connectivity index (χ2v) is 6.48. The lowest BCUT2D eigenvalue weighted by atomic mass is 9.94. The summed E-state index contributed by atoms with van der Waals surface area (Å²) in [6.07, 6.45) is 2.82. The molecule has 1 amide bonds. The highest BCUT2D eigenvalue weighted by atomic mass is 16.5. The second kappa shape index (κ2) is 5.57. The molecule has 2 rings (SSSR count). The fourth-order valence-electron chi connectivity index (χ4n) is 2.68. The molecular formula is C14H26N2O2. The van der Waals surface area contributed by atoms with Gasteiger partial charge in [0.25, 0.3) is 0 Å². The monoisotopic (exact) mass is 254 g/mol. The molecule has 2 saturated heterocycles. The Hall–Kier alpha value is -0.610. The number of ether oxygens (including phenoxy) is 1. The van der Waals surface area contributed by atoms with Gasteiger partial charge in [-0.05, 0) is 12.8 Å². The number of amides is 1. The summed E-state index contributed by atoms with van der Waals surface area (Å²) in [5.74, 6) is 0.277. The van der Waals surface area contributed by atoms with Crippen LogP contribution in [0.15, 0.2) is 0 Å². The second-order valence-electron chi connectivity index (χ2n) is 6.48. The minimum atomic E-state index is -0.253. The summed E-state index contributed by atoms with van der Waals surface area (Å²) in [6, 6.07) is 0. The summed E-state index contributed by atoms with van der Waals surface area (Å²) >= 11 is 0. The molecule has 2 aliphatic rings. The van der Waals surface area contributed by atoms with E-state index in [0.29, 0.717) is 6.10 Å². The summed E-state index contributed by atoms with van der Waals surface area (Å²) in [7, 11) is 0. The van der Waals surface area contributed by atoms with Gasteiger partial charge in [0.15, 0.2) is 0 Å². The Kier molecular flexibility index (Phi) is 4.28. The number of hydrogen-bond acceptors (Lipinski definition) is 3. The molecule has 104 valence electrons. The van der Waals surface area contributed by atoms with Gasteiger partial charge in [-0.3, -0.25) is 9.69 Å². The molecule has 1 unspecified atom stereocenters. The molecule has 0 radical (unpaired) electrons. The predicted molar refractivity (Wildman–Crippen MR) is 71.4 cm³/mol. The van der Waals surface area contributed by atoms with E-state index in [1.54, 1.807) is 0 Å². The van der Waals surface area contributed by atoms with E-state index in [4.69, 9.17) is 4.74 Å². The minimum absolute atomic E-state index is 0.253. The molecule has 1 atom stereocenters. The SMILES string of the molecule is CC(C)(C)C(=O)N1CCN(CC2CCCO2)CC1. The molecule has 0 bridgehead atoms. The van der Waals surface area contributed by atoms with Crippen LogP contribution in [-0.2, 0) is 9.53 Å². The highest BCUT2D eigenvalue weighted by Crippen LogP contribution is 2.19. The first kappa shape index (κ1) is 13.8. The van der Waals surface area contributed by atoms with E-state index in [9.17, 15) is 4.79 Å². The van der Waals surface area contributed by atoms with E-state index in [2.05, 4.69) is 4.90 Å². The number of piperazine rings is 1. The molecule has 0 spiro atoms. The first-order valence-corrected chi connectivity index (χ1v) is 7.10.